The van der Waals surface area contributed by atoms with Crippen molar-refractivity contribution in [3.05, 3.63) is 52.2 Å². The lowest BCUT2D eigenvalue weighted by atomic mass is 9.94. The van der Waals surface area contributed by atoms with Crippen LogP contribution in [0.25, 0.3) is 0 Å². The van der Waals surface area contributed by atoms with Gasteiger partial charge in [-0.2, -0.15) is 5.10 Å². The first-order valence-electron chi connectivity index (χ1n) is 7.76. The van der Waals surface area contributed by atoms with E-state index in [1.807, 2.05) is 0 Å². The maximum atomic E-state index is 12.6. The fourth-order valence-corrected chi connectivity index (χ4v) is 3.11. The second kappa shape index (κ2) is 6.69. The number of aromatic nitrogens is 3. The van der Waals surface area contributed by atoms with Gasteiger partial charge < -0.3 is 15.0 Å². The van der Waals surface area contributed by atoms with E-state index in [-0.39, 0.29) is 23.9 Å². The van der Waals surface area contributed by atoms with Gasteiger partial charge in [0.1, 0.15) is 12.1 Å². The quantitative estimate of drug-likeness (QED) is 0.857. The number of hydrogen-bond acceptors (Lipinski definition) is 4. The number of hydrogen-bond donors (Lipinski definition) is 2. The smallest absolute Gasteiger partial charge is 0.325 e. The second-order valence-electron chi connectivity index (χ2n) is 5.81. The number of aliphatic carboxylic acids is 1. The molecule has 3 rings (SSSR count). The molecule has 2 aromatic heterocycles. The number of rotatable bonds is 4. The van der Waals surface area contributed by atoms with E-state index >= 15 is 0 Å². The zero-order valence-corrected chi connectivity index (χ0v) is 13.0. The zero-order valence-electron chi connectivity index (χ0n) is 13.0. The van der Waals surface area contributed by atoms with Gasteiger partial charge >= 0.3 is 5.97 Å². The van der Waals surface area contributed by atoms with Crippen LogP contribution < -0.4 is 5.56 Å². The summed E-state index contributed by atoms with van der Waals surface area (Å²) in [6.45, 7) is 0.820. The molecule has 1 atom stereocenters. The Labute approximate surface area is 137 Å². The Hall–Kier alpha value is -2.90. The SMILES string of the molecule is O=C(O)Cn1nccc1C1CCCN(C(=O)c2ccc[nH]c2=O)C1. The van der Waals surface area contributed by atoms with Crippen LogP contribution in [0.2, 0.25) is 0 Å². The molecular formula is C16H18N4O4. The van der Waals surface area contributed by atoms with E-state index < -0.39 is 11.5 Å². The molecule has 8 heteroatoms. The average Bonchev–Trinajstić information content (AvgIpc) is 3.02. The predicted octanol–water partition coefficient (Wildman–Crippen LogP) is 0.676. The van der Waals surface area contributed by atoms with Gasteiger partial charge in [-0.3, -0.25) is 19.1 Å². The predicted molar refractivity (Wildman–Crippen MR) is 84.8 cm³/mol. The highest BCUT2D eigenvalue weighted by Gasteiger charge is 2.28. The lowest BCUT2D eigenvalue weighted by Crippen LogP contribution is -2.41. The number of nitrogens with zero attached hydrogens (tertiary/aromatic N) is 3. The topological polar surface area (TPSA) is 108 Å². The number of H-pyrrole nitrogens is 1. The molecule has 1 unspecified atom stereocenters. The maximum Gasteiger partial charge on any atom is 0.325 e. The first-order valence-corrected chi connectivity index (χ1v) is 7.76. The summed E-state index contributed by atoms with van der Waals surface area (Å²) in [5.74, 6) is -1.25. The summed E-state index contributed by atoms with van der Waals surface area (Å²) in [4.78, 5) is 39.5. The number of aromatic amines is 1. The summed E-state index contributed by atoms with van der Waals surface area (Å²) in [7, 11) is 0. The molecule has 24 heavy (non-hydrogen) atoms. The number of likely N-dealkylation sites (tertiary alicyclic amines) is 1. The van der Waals surface area contributed by atoms with E-state index in [1.54, 1.807) is 23.2 Å². The van der Waals surface area contributed by atoms with Crippen LogP contribution in [0.5, 0.6) is 0 Å². The minimum atomic E-state index is -0.959. The summed E-state index contributed by atoms with van der Waals surface area (Å²) in [5, 5.41) is 13.0. The van der Waals surface area contributed by atoms with E-state index in [1.165, 1.54) is 16.9 Å². The Balaban J connectivity index is 1.79. The summed E-state index contributed by atoms with van der Waals surface area (Å²) >= 11 is 0. The zero-order chi connectivity index (χ0) is 17.1. The Bertz CT molecular complexity index is 810. The highest BCUT2D eigenvalue weighted by molar-refractivity contribution is 5.93. The average molecular weight is 330 g/mol. The van der Waals surface area contributed by atoms with Crippen molar-refractivity contribution in [2.45, 2.75) is 25.3 Å². The number of carboxylic acid groups (broad SMARTS) is 1. The van der Waals surface area contributed by atoms with Crippen LogP contribution in [0.3, 0.4) is 0 Å². The van der Waals surface area contributed by atoms with Gasteiger partial charge in [0.25, 0.3) is 11.5 Å². The van der Waals surface area contributed by atoms with Gasteiger partial charge in [-0.15, -0.1) is 0 Å². The van der Waals surface area contributed by atoms with Crippen LogP contribution >= 0.6 is 0 Å². The molecular weight excluding hydrogens is 312 g/mol. The lowest BCUT2D eigenvalue weighted by molar-refractivity contribution is -0.137. The van der Waals surface area contributed by atoms with E-state index in [4.69, 9.17) is 5.11 Å². The molecule has 126 valence electrons. The standard InChI is InChI=1S/C16H18N4O4/c21-14(22)10-20-13(5-7-18-20)11-3-2-8-19(9-11)16(24)12-4-1-6-17-15(12)23/h1,4-7,11H,2-3,8-10H2,(H,17,23)(H,21,22). The highest BCUT2D eigenvalue weighted by Crippen LogP contribution is 2.27. The van der Waals surface area contributed by atoms with E-state index in [2.05, 4.69) is 10.1 Å². The van der Waals surface area contributed by atoms with Crippen molar-refractivity contribution in [3.8, 4) is 0 Å². The van der Waals surface area contributed by atoms with Crippen LogP contribution in [0, 0.1) is 0 Å². The lowest BCUT2D eigenvalue weighted by Gasteiger charge is -2.32. The number of nitrogens with one attached hydrogen (secondary N) is 1. The fraction of sp³-hybridized carbons (Fsp3) is 0.375. The molecule has 1 amide bonds. The van der Waals surface area contributed by atoms with Crippen molar-refractivity contribution in [2.24, 2.45) is 0 Å². The van der Waals surface area contributed by atoms with Gasteiger partial charge in [0.05, 0.1) is 0 Å². The molecule has 0 aromatic carbocycles. The highest BCUT2D eigenvalue weighted by atomic mass is 16.4. The van der Waals surface area contributed by atoms with Gasteiger partial charge in [-0.05, 0) is 31.0 Å². The van der Waals surface area contributed by atoms with Crippen molar-refractivity contribution < 1.29 is 14.7 Å². The van der Waals surface area contributed by atoms with Gasteiger partial charge in [-0.1, -0.05) is 0 Å². The number of carboxylic acids is 1. The van der Waals surface area contributed by atoms with Gasteiger partial charge in [0, 0.05) is 37.1 Å². The maximum absolute atomic E-state index is 12.6. The molecule has 0 saturated carbocycles. The fourth-order valence-electron chi connectivity index (χ4n) is 3.11. The largest absolute Gasteiger partial charge is 0.480 e. The van der Waals surface area contributed by atoms with Gasteiger partial charge in [0.15, 0.2) is 0 Å². The van der Waals surface area contributed by atoms with Crippen LogP contribution in [0.15, 0.2) is 35.4 Å². The van der Waals surface area contributed by atoms with Crippen molar-refractivity contribution >= 4 is 11.9 Å². The Kier molecular flexibility index (Phi) is 4.45. The molecule has 0 bridgehead atoms. The number of pyridine rings is 1. The molecule has 2 aromatic rings. The van der Waals surface area contributed by atoms with Crippen molar-refractivity contribution in [1.82, 2.24) is 19.7 Å². The molecule has 1 saturated heterocycles. The molecule has 0 spiro atoms. The number of carbonyl (C=O) groups is 2. The summed E-state index contributed by atoms with van der Waals surface area (Å²) in [6, 6.07) is 4.92. The summed E-state index contributed by atoms with van der Waals surface area (Å²) < 4.78 is 1.45. The summed E-state index contributed by atoms with van der Waals surface area (Å²) in [5.41, 5.74) is 0.523. The van der Waals surface area contributed by atoms with Crippen molar-refractivity contribution in [3.63, 3.8) is 0 Å². The molecule has 0 aliphatic carbocycles. The van der Waals surface area contributed by atoms with Crippen molar-refractivity contribution in [1.29, 1.82) is 0 Å². The molecule has 0 radical (unpaired) electrons. The van der Waals surface area contributed by atoms with Crippen LogP contribution in [-0.2, 0) is 11.3 Å². The minimum Gasteiger partial charge on any atom is -0.480 e. The number of carbonyl (C=O) groups excluding carboxylic acids is 1. The third kappa shape index (κ3) is 3.22. The third-order valence-corrected chi connectivity index (χ3v) is 4.21. The monoisotopic (exact) mass is 330 g/mol. The first kappa shape index (κ1) is 16.0. The molecule has 1 fully saturated rings. The number of amides is 1. The first-order chi connectivity index (χ1) is 11.6. The molecule has 1 aliphatic rings. The second-order valence-corrected chi connectivity index (χ2v) is 5.81. The Morgan fingerprint density at radius 1 is 1.38 bits per heavy atom. The molecule has 2 N–H and O–H groups in total. The van der Waals surface area contributed by atoms with E-state index in [0.717, 1.165) is 18.5 Å². The Morgan fingerprint density at radius 3 is 2.96 bits per heavy atom. The van der Waals surface area contributed by atoms with Crippen LogP contribution in [0.1, 0.15) is 34.8 Å². The molecule has 3 heterocycles. The van der Waals surface area contributed by atoms with Crippen LogP contribution in [0.4, 0.5) is 0 Å². The Morgan fingerprint density at radius 2 is 2.21 bits per heavy atom. The molecule has 8 nitrogen and oxygen atoms in total. The van der Waals surface area contributed by atoms with E-state index in [0.29, 0.717) is 13.1 Å². The minimum absolute atomic E-state index is 0.00680. The third-order valence-electron chi connectivity index (χ3n) is 4.21. The molecule has 1 aliphatic heterocycles. The van der Waals surface area contributed by atoms with Gasteiger partial charge in [0.2, 0.25) is 0 Å². The van der Waals surface area contributed by atoms with Crippen LogP contribution in [-0.4, -0.2) is 49.7 Å². The normalized spacial score (nSPS) is 17.7. The van der Waals surface area contributed by atoms with E-state index in [9.17, 15) is 14.4 Å². The summed E-state index contributed by atoms with van der Waals surface area (Å²) in [6.07, 6.45) is 4.70. The van der Waals surface area contributed by atoms with Gasteiger partial charge in [-0.25, -0.2) is 0 Å². The number of piperidine rings is 1. The van der Waals surface area contributed by atoms with Crippen molar-refractivity contribution in [2.75, 3.05) is 13.1 Å².